The van der Waals surface area contributed by atoms with Crippen molar-refractivity contribution in [2.45, 2.75) is 19.9 Å². The molecule has 1 aliphatic rings. The fourth-order valence-electron chi connectivity index (χ4n) is 3.72. The van der Waals surface area contributed by atoms with Crippen molar-refractivity contribution in [2.75, 3.05) is 34.3 Å². The Balaban J connectivity index is 2.16. The molecule has 1 atom stereocenters. The summed E-state index contributed by atoms with van der Waals surface area (Å²) < 4.78 is 5.24. The van der Waals surface area contributed by atoms with Gasteiger partial charge in [0.05, 0.1) is 45.9 Å². The van der Waals surface area contributed by atoms with Crippen LogP contribution in [0.2, 0.25) is 0 Å². The summed E-state index contributed by atoms with van der Waals surface area (Å²) in [6.45, 7) is 4.93. The van der Waals surface area contributed by atoms with Gasteiger partial charge in [-0.15, -0.1) is 0 Å². The minimum absolute atomic E-state index is 0.130. The lowest BCUT2D eigenvalue weighted by Gasteiger charge is -2.26. The zero-order chi connectivity index (χ0) is 22.0. The molecule has 6 nitrogen and oxygen atoms in total. The van der Waals surface area contributed by atoms with E-state index in [-0.39, 0.29) is 11.3 Å². The molecule has 0 aromatic heterocycles. The van der Waals surface area contributed by atoms with Gasteiger partial charge in [0.25, 0.3) is 11.7 Å². The lowest BCUT2D eigenvalue weighted by molar-refractivity contribution is -0.857. The molecule has 6 heteroatoms. The van der Waals surface area contributed by atoms with Gasteiger partial charge in [-0.25, -0.2) is 0 Å². The molecule has 0 aliphatic carbocycles. The number of ether oxygens (including phenoxy) is 1. The molecule has 0 radical (unpaired) electrons. The van der Waals surface area contributed by atoms with Crippen molar-refractivity contribution in [3.05, 3.63) is 70.3 Å². The van der Waals surface area contributed by atoms with E-state index in [1.807, 2.05) is 52.2 Å². The van der Waals surface area contributed by atoms with Gasteiger partial charge in [0, 0.05) is 5.56 Å². The fraction of sp³-hybridized carbons (Fsp3) is 0.333. The number of quaternary nitrogens is 1. The van der Waals surface area contributed by atoms with E-state index in [1.165, 1.54) is 4.90 Å². The molecule has 0 unspecified atom stereocenters. The van der Waals surface area contributed by atoms with Gasteiger partial charge >= 0.3 is 0 Å². The predicted octanol–water partition coefficient (Wildman–Crippen LogP) is 1.88. The molecule has 30 heavy (non-hydrogen) atoms. The summed E-state index contributed by atoms with van der Waals surface area (Å²) in [6, 6.07) is 12.3. The monoisotopic (exact) mass is 409 g/mol. The average Bonchev–Trinajstić information content (AvgIpc) is 2.96. The van der Waals surface area contributed by atoms with Crippen LogP contribution in [0.3, 0.4) is 0 Å². The number of aliphatic hydroxyl groups excluding tert-OH is 1. The van der Waals surface area contributed by atoms with Gasteiger partial charge in [0.2, 0.25) is 0 Å². The van der Waals surface area contributed by atoms with Crippen LogP contribution in [0.1, 0.15) is 28.3 Å². The second-order valence-electron chi connectivity index (χ2n) is 8.04. The molecule has 1 aliphatic heterocycles. The van der Waals surface area contributed by atoms with E-state index >= 15 is 0 Å². The summed E-state index contributed by atoms with van der Waals surface area (Å²) in [5, 5.41) is 11.2. The first-order valence-corrected chi connectivity index (χ1v) is 10.0. The van der Waals surface area contributed by atoms with Crippen molar-refractivity contribution >= 4 is 17.4 Å². The first-order valence-electron chi connectivity index (χ1n) is 10.0. The molecule has 2 N–H and O–H groups in total. The standard InChI is InChI=1S/C24H28N2O4/c1-15-6-8-17(9-7-15)21-20(23(28)24(29)26(21)13-12-25(3)4)22(27)19-11-10-18(30-5)14-16(19)2/h6-11,14,21,27H,12-13H2,1-5H3/p+1/t21-/m0/s1. The summed E-state index contributed by atoms with van der Waals surface area (Å²) >= 11 is 0. The topological polar surface area (TPSA) is 71.3 Å². The number of hydrogen-bond donors (Lipinski definition) is 2. The van der Waals surface area contributed by atoms with Crippen molar-refractivity contribution in [1.82, 2.24) is 4.90 Å². The van der Waals surface area contributed by atoms with Crippen LogP contribution in [0.15, 0.2) is 48.0 Å². The van der Waals surface area contributed by atoms with Crippen molar-refractivity contribution in [2.24, 2.45) is 0 Å². The smallest absolute Gasteiger partial charge is 0.295 e. The molecule has 1 heterocycles. The van der Waals surface area contributed by atoms with Crippen molar-refractivity contribution < 1.29 is 24.3 Å². The van der Waals surface area contributed by atoms with Crippen LogP contribution in [-0.4, -0.2) is 56.0 Å². The van der Waals surface area contributed by atoms with E-state index in [9.17, 15) is 14.7 Å². The molecular weight excluding hydrogens is 380 g/mol. The lowest BCUT2D eigenvalue weighted by Crippen LogP contribution is -3.06. The number of benzene rings is 2. The van der Waals surface area contributed by atoms with Crippen LogP contribution in [0.25, 0.3) is 5.76 Å². The Labute approximate surface area is 177 Å². The second-order valence-corrected chi connectivity index (χ2v) is 8.04. The molecule has 158 valence electrons. The Hall–Kier alpha value is -3.12. The van der Waals surface area contributed by atoms with Gasteiger partial charge in [-0.1, -0.05) is 29.8 Å². The van der Waals surface area contributed by atoms with Gasteiger partial charge in [-0.05, 0) is 43.2 Å². The number of aliphatic hydroxyl groups is 1. The molecule has 0 saturated carbocycles. The number of rotatable bonds is 6. The Bertz CT molecular complexity index is 993. The highest BCUT2D eigenvalue weighted by Gasteiger charge is 2.46. The summed E-state index contributed by atoms with van der Waals surface area (Å²) in [5.41, 5.74) is 3.30. The molecule has 3 rings (SSSR count). The van der Waals surface area contributed by atoms with Gasteiger partial charge in [-0.3, -0.25) is 9.59 Å². The zero-order valence-electron chi connectivity index (χ0n) is 18.2. The van der Waals surface area contributed by atoms with Crippen LogP contribution in [0.4, 0.5) is 0 Å². The lowest BCUT2D eigenvalue weighted by atomic mass is 9.93. The molecule has 0 bridgehead atoms. The number of carbonyl (C=O) groups is 2. The van der Waals surface area contributed by atoms with E-state index in [1.54, 1.807) is 30.2 Å². The van der Waals surface area contributed by atoms with Gasteiger partial charge < -0.3 is 19.6 Å². The molecule has 0 spiro atoms. The summed E-state index contributed by atoms with van der Waals surface area (Å²) in [7, 11) is 5.57. The minimum atomic E-state index is -0.651. The summed E-state index contributed by atoms with van der Waals surface area (Å²) in [4.78, 5) is 28.7. The number of carbonyl (C=O) groups excluding carboxylic acids is 2. The number of likely N-dealkylation sites (N-methyl/N-ethyl adjacent to an activating group) is 1. The first-order chi connectivity index (χ1) is 14.2. The maximum atomic E-state index is 13.0. The van der Waals surface area contributed by atoms with Crippen molar-refractivity contribution in [3.8, 4) is 5.75 Å². The van der Waals surface area contributed by atoms with Crippen LogP contribution >= 0.6 is 0 Å². The highest BCUT2D eigenvalue weighted by atomic mass is 16.5. The highest BCUT2D eigenvalue weighted by Crippen LogP contribution is 2.39. The number of nitrogens with one attached hydrogen (secondary N) is 1. The third kappa shape index (κ3) is 4.09. The average molecular weight is 410 g/mol. The van der Waals surface area contributed by atoms with Crippen LogP contribution in [0.5, 0.6) is 5.75 Å². The largest absolute Gasteiger partial charge is 0.507 e. The first kappa shape index (κ1) is 21.6. The Morgan fingerprint density at radius 1 is 1.10 bits per heavy atom. The van der Waals surface area contributed by atoms with Crippen LogP contribution in [0, 0.1) is 13.8 Å². The SMILES string of the molecule is COc1ccc(C(O)=C2C(=O)C(=O)N(CC[NH+](C)C)[C@H]2c2ccc(C)cc2)c(C)c1. The molecule has 2 aromatic carbocycles. The van der Waals surface area contributed by atoms with Crippen LogP contribution in [-0.2, 0) is 9.59 Å². The van der Waals surface area contributed by atoms with E-state index in [0.717, 1.165) is 16.7 Å². The zero-order valence-corrected chi connectivity index (χ0v) is 18.2. The number of Topliss-reactive ketones (excluding diaryl/α,β-unsaturated/α-hetero) is 1. The van der Waals surface area contributed by atoms with Crippen molar-refractivity contribution in [1.29, 1.82) is 0 Å². The normalized spacial score (nSPS) is 18.3. The maximum absolute atomic E-state index is 13.0. The number of methoxy groups -OCH3 is 1. The Morgan fingerprint density at radius 3 is 2.33 bits per heavy atom. The third-order valence-corrected chi connectivity index (χ3v) is 5.47. The molecular formula is C24H29N2O4+. The quantitative estimate of drug-likeness (QED) is 0.434. The summed E-state index contributed by atoms with van der Waals surface area (Å²) in [5.74, 6) is -0.719. The maximum Gasteiger partial charge on any atom is 0.295 e. The number of aryl methyl sites for hydroxylation is 2. The highest BCUT2D eigenvalue weighted by molar-refractivity contribution is 6.46. The van der Waals surface area contributed by atoms with Crippen molar-refractivity contribution in [3.63, 3.8) is 0 Å². The summed E-state index contributed by atoms with van der Waals surface area (Å²) in [6.07, 6.45) is 0. The van der Waals surface area contributed by atoms with E-state index in [4.69, 9.17) is 4.74 Å². The number of likely N-dealkylation sites (tertiary alicyclic amines) is 1. The molecule has 2 aromatic rings. The molecule has 1 saturated heterocycles. The van der Waals surface area contributed by atoms with E-state index in [0.29, 0.717) is 24.4 Å². The number of hydrogen-bond acceptors (Lipinski definition) is 4. The number of nitrogens with zero attached hydrogens (tertiary/aromatic N) is 1. The van der Waals surface area contributed by atoms with Gasteiger partial charge in [0.1, 0.15) is 11.5 Å². The molecule has 1 fully saturated rings. The van der Waals surface area contributed by atoms with E-state index in [2.05, 4.69) is 0 Å². The second kappa shape index (κ2) is 8.71. The van der Waals surface area contributed by atoms with Crippen LogP contribution < -0.4 is 9.64 Å². The Kier molecular flexibility index (Phi) is 6.27. The predicted molar refractivity (Wildman–Crippen MR) is 116 cm³/mol. The van der Waals surface area contributed by atoms with Gasteiger partial charge in [0.15, 0.2) is 0 Å². The third-order valence-electron chi connectivity index (χ3n) is 5.47. The Morgan fingerprint density at radius 2 is 1.77 bits per heavy atom. The number of amides is 1. The fourth-order valence-corrected chi connectivity index (χ4v) is 3.72. The van der Waals surface area contributed by atoms with E-state index < -0.39 is 17.7 Å². The van der Waals surface area contributed by atoms with Gasteiger partial charge in [-0.2, -0.15) is 0 Å². The number of ketones is 1. The minimum Gasteiger partial charge on any atom is -0.507 e. The molecule has 1 amide bonds.